The number of hydrogen-bond acceptors (Lipinski definition) is 4. The lowest BCUT2D eigenvalue weighted by atomic mass is 10.2. The highest BCUT2D eigenvalue weighted by molar-refractivity contribution is 7.10. The highest BCUT2D eigenvalue weighted by Gasteiger charge is 2.16. The van der Waals surface area contributed by atoms with Crippen molar-refractivity contribution >= 4 is 22.9 Å². The summed E-state index contributed by atoms with van der Waals surface area (Å²) >= 11 is 1.47. The van der Waals surface area contributed by atoms with Crippen LogP contribution in [0.3, 0.4) is 0 Å². The Bertz CT molecular complexity index is 722. The van der Waals surface area contributed by atoms with E-state index in [2.05, 4.69) is 10.3 Å². The number of benzene rings is 1. The molecule has 0 saturated carbocycles. The van der Waals surface area contributed by atoms with E-state index in [4.69, 9.17) is 5.73 Å². The summed E-state index contributed by atoms with van der Waals surface area (Å²) in [6, 6.07) is 10.6. The van der Waals surface area contributed by atoms with Gasteiger partial charge in [-0.3, -0.25) is 4.79 Å². The number of imidazole rings is 1. The molecule has 2 aromatic heterocycles. The molecule has 3 N–H and O–H groups in total. The molecule has 3 rings (SSSR count). The lowest BCUT2D eigenvalue weighted by Crippen LogP contribution is -2.27. The highest BCUT2D eigenvalue weighted by atomic mass is 32.1. The fourth-order valence-electron chi connectivity index (χ4n) is 1.97. The first kappa shape index (κ1) is 13.5. The molecule has 0 spiro atoms. The summed E-state index contributed by atoms with van der Waals surface area (Å²) in [7, 11) is 0. The minimum Gasteiger partial charge on any atom is -0.324 e. The molecule has 5 nitrogen and oxygen atoms in total. The number of thiophene rings is 1. The number of anilines is 1. The van der Waals surface area contributed by atoms with Crippen molar-refractivity contribution in [3.8, 4) is 5.69 Å². The number of aromatic nitrogens is 2. The van der Waals surface area contributed by atoms with Gasteiger partial charge in [-0.05, 0) is 29.6 Å². The van der Waals surface area contributed by atoms with Gasteiger partial charge < -0.3 is 15.6 Å². The second-order valence-electron chi connectivity index (χ2n) is 4.50. The number of rotatable bonds is 4. The van der Waals surface area contributed by atoms with E-state index in [0.29, 0.717) is 5.69 Å². The maximum Gasteiger partial charge on any atom is 0.246 e. The van der Waals surface area contributed by atoms with Gasteiger partial charge >= 0.3 is 0 Å². The third-order valence-corrected chi connectivity index (χ3v) is 4.00. The largest absolute Gasteiger partial charge is 0.324 e. The van der Waals surface area contributed by atoms with Crippen LogP contribution in [0.25, 0.3) is 5.69 Å². The number of carbonyl (C=O) groups is 1. The van der Waals surface area contributed by atoms with Gasteiger partial charge in [-0.25, -0.2) is 4.98 Å². The molecule has 0 radical (unpaired) electrons. The number of carbonyl (C=O) groups excluding carboxylic acids is 1. The average molecular weight is 298 g/mol. The lowest BCUT2D eigenvalue weighted by Gasteiger charge is -2.12. The van der Waals surface area contributed by atoms with E-state index in [-0.39, 0.29) is 5.91 Å². The first-order chi connectivity index (χ1) is 10.2. The molecule has 0 aliphatic carbocycles. The van der Waals surface area contributed by atoms with Crippen LogP contribution in [-0.4, -0.2) is 15.5 Å². The molecule has 1 atom stereocenters. The molecule has 1 amide bonds. The lowest BCUT2D eigenvalue weighted by molar-refractivity contribution is -0.117. The van der Waals surface area contributed by atoms with Crippen molar-refractivity contribution in [2.75, 3.05) is 5.32 Å². The molecule has 3 aromatic rings. The summed E-state index contributed by atoms with van der Waals surface area (Å²) in [6.07, 6.45) is 5.26. The molecular weight excluding hydrogens is 284 g/mol. The van der Waals surface area contributed by atoms with Crippen LogP contribution in [0.4, 0.5) is 5.69 Å². The van der Waals surface area contributed by atoms with E-state index in [0.717, 1.165) is 10.6 Å². The van der Waals surface area contributed by atoms with Crippen molar-refractivity contribution in [3.63, 3.8) is 0 Å². The van der Waals surface area contributed by atoms with E-state index in [9.17, 15) is 4.79 Å². The van der Waals surface area contributed by atoms with Gasteiger partial charge in [0.15, 0.2) is 0 Å². The summed E-state index contributed by atoms with van der Waals surface area (Å²) in [6.45, 7) is 0. The van der Waals surface area contributed by atoms with Crippen LogP contribution in [0.15, 0.2) is 60.5 Å². The summed E-state index contributed by atoms with van der Waals surface area (Å²) in [5, 5.41) is 4.75. The van der Waals surface area contributed by atoms with E-state index in [1.54, 1.807) is 12.5 Å². The molecule has 1 aromatic carbocycles. The fourth-order valence-corrected chi connectivity index (χ4v) is 2.70. The summed E-state index contributed by atoms with van der Waals surface area (Å²) in [4.78, 5) is 17.0. The van der Waals surface area contributed by atoms with Gasteiger partial charge in [0.2, 0.25) is 5.91 Å². The topological polar surface area (TPSA) is 72.9 Å². The Morgan fingerprint density at radius 2 is 2.24 bits per heavy atom. The Morgan fingerprint density at radius 1 is 1.33 bits per heavy atom. The number of amides is 1. The predicted octanol–water partition coefficient (Wildman–Crippen LogP) is 2.57. The minimum absolute atomic E-state index is 0.222. The SMILES string of the molecule is NC(C(=O)Nc1cccc(-n2ccnc2)c1)c1cccs1. The average Bonchev–Trinajstić information content (AvgIpc) is 3.20. The van der Waals surface area contributed by atoms with Crippen molar-refractivity contribution in [2.45, 2.75) is 6.04 Å². The van der Waals surface area contributed by atoms with Crippen LogP contribution in [-0.2, 0) is 4.79 Å². The van der Waals surface area contributed by atoms with Gasteiger partial charge in [-0.1, -0.05) is 12.1 Å². The molecule has 0 bridgehead atoms. The zero-order chi connectivity index (χ0) is 14.7. The molecule has 0 fully saturated rings. The van der Waals surface area contributed by atoms with Crippen LogP contribution in [0.5, 0.6) is 0 Å². The minimum atomic E-state index is -0.651. The maximum atomic E-state index is 12.2. The normalized spacial score (nSPS) is 12.0. The predicted molar refractivity (Wildman–Crippen MR) is 83.4 cm³/mol. The van der Waals surface area contributed by atoms with Crippen LogP contribution in [0.1, 0.15) is 10.9 Å². The van der Waals surface area contributed by atoms with Crippen LogP contribution < -0.4 is 11.1 Å². The molecule has 0 saturated heterocycles. The number of hydrogen-bond donors (Lipinski definition) is 2. The number of nitrogens with one attached hydrogen (secondary N) is 1. The number of nitrogens with zero attached hydrogens (tertiary/aromatic N) is 2. The number of nitrogens with two attached hydrogens (primary N) is 1. The Kier molecular flexibility index (Phi) is 3.81. The standard InChI is InChI=1S/C15H14N4OS/c16-14(13-5-2-8-21-13)15(20)18-11-3-1-4-12(9-11)19-7-6-17-10-19/h1-10,14H,16H2,(H,18,20). The monoisotopic (exact) mass is 298 g/mol. The van der Waals surface area contributed by atoms with Gasteiger partial charge in [0.05, 0.1) is 6.33 Å². The smallest absolute Gasteiger partial charge is 0.246 e. The Morgan fingerprint density at radius 3 is 2.95 bits per heavy atom. The molecule has 6 heteroatoms. The third-order valence-electron chi connectivity index (χ3n) is 3.05. The second kappa shape index (κ2) is 5.90. The molecule has 0 aliphatic heterocycles. The molecule has 0 aliphatic rings. The molecular formula is C15H14N4OS. The first-order valence-corrected chi connectivity index (χ1v) is 7.30. The fraction of sp³-hybridized carbons (Fsp3) is 0.0667. The Labute approximate surface area is 126 Å². The molecule has 2 heterocycles. The molecule has 106 valence electrons. The Hall–Kier alpha value is -2.44. The molecule has 21 heavy (non-hydrogen) atoms. The van der Waals surface area contributed by atoms with Crippen molar-refractivity contribution < 1.29 is 4.79 Å². The van der Waals surface area contributed by atoms with Crippen molar-refractivity contribution in [2.24, 2.45) is 5.73 Å². The summed E-state index contributed by atoms with van der Waals surface area (Å²) in [5.74, 6) is -0.222. The zero-order valence-electron chi connectivity index (χ0n) is 11.1. The van der Waals surface area contributed by atoms with Crippen LogP contribution in [0.2, 0.25) is 0 Å². The summed E-state index contributed by atoms with van der Waals surface area (Å²) in [5.41, 5.74) is 7.58. The van der Waals surface area contributed by atoms with Crippen LogP contribution >= 0.6 is 11.3 Å². The Balaban J connectivity index is 1.76. The highest BCUT2D eigenvalue weighted by Crippen LogP contribution is 2.20. The quantitative estimate of drug-likeness (QED) is 0.777. The van der Waals surface area contributed by atoms with E-state index >= 15 is 0 Å². The van der Waals surface area contributed by atoms with Crippen molar-refractivity contribution in [1.82, 2.24) is 9.55 Å². The van der Waals surface area contributed by atoms with E-state index in [1.807, 2.05) is 52.5 Å². The van der Waals surface area contributed by atoms with Crippen molar-refractivity contribution in [1.29, 1.82) is 0 Å². The van der Waals surface area contributed by atoms with Gasteiger partial charge in [0.1, 0.15) is 6.04 Å². The van der Waals surface area contributed by atoms with E-state index < -0.39 is 6.04 Å². The third kappa shape index (κ3) is 3.01. The summed E-state index contributed by atoms with van der Waals surface area (Å²) < 4.78 is 1.87. The van der Waals surface area contributed by atoms with E-state index in [1.165, 1.54) is 11.3 Å². The second-order valence-corrected chi connectivity index (χ2v) is 5.48. The van der Waals surface area contributed by atoms with Gasteiger partial charge in [-0.15, -0.1) is 11.3 Å². The van der Waals surface area contributed by atoms with Crippen LogP contribution in [0, 0.1) is 0 Å². The van der Waals surface area contributed by atoms with Crippen molar-refractivity contribution in [3.05, 3.63) is 65.4 Å². The van der Waals surface area contributed by atoms with Gasteiger partial charge in [-0.2, -0.15) is 0 Å². The first-order valence-electron chi connectivity index (χ1n) is 6.42. The van der Waals surface area contributed by atoms with Gasteiger partial charge in [0.25, 0.3) is 0 Å². The zero-order valence-corrected chi connectivity index (χ0v) is 12.0. The maximum absolute atomic E-state index is 12.2. The van der Waals surface area contributed by atoms with Gasteiger partial charge in [0, 0.05) is 28.6 Å². The molecule has 1 unspecified atom stereocenters.